The Bertz CT molecular complexity index is 342. The summed E-state index contributed by atoms with van der Waals surface area (Å²) >= 11 is 0. The average molecular weight is 314 g/mol. The summed E-state index contributed by atoms with van der Waals surface area (Å²) in [7, 11) is 0. The predicted octanol–water partition coefficient (Wildman–Crippen LogP) is 1.33. The van der Waals surface area contributed by atoms with Crippen molar-refractivity contribution in [2.75, 3.05) is 39.5 Å². The zero-order valence-electron chi connectivity index (χ0n) is 13.8. The first-order chi connectivity index (χ1) is 10.7. The molecule has 0 unspecified atom stereocenters. The summed E-state index contributed by atoms with van der Waals surface area (Å²) < 4.78 is 10.3. The van der Waals surface area contributed by atoms with E-state index in [1.807, 2.05) is 13.8 Å². The van der Waals surface area contributed by atoms with Crippen LogP contribution in [0, 0.1) is 0 Å². The van der Waals surface area contributed by atoms with Crippen LogP contribution < -0.4 is 11.1 Å². The highest BCUT2D eigenvalue weighted by molar-refractivity contribution is 5.78. The second-order valence-corrected chi connectivity index (χ2v) is 5.28. The van der Waals surface area contributed by atoms with E-state index in [-0.39, 0.29) is 12.1 Å². The Morgan fingerprint density at radius 3 is 2.64 bits per heavy atom. The number of likely N-dealkylation sites (tertiary alicyclic amines) is 1. The van der Waals surface area contributed by atoms with Crippen molar-refractivity contribution in [2.24, 2.45) is 10.7 Å². The number of amides is 1. The first-order valence-corrected chi connectivity index (χ1v) is 8.23. The number of carbonyl (C=O) groups excluding carboxylic acids is 1. The van der Waals surface area contributed by atoms with E-state index in [2.05, 4.69) is 10.3 Å². The van der Waals surface area contributed by atoms with Crippen molar-refractivity contribution in [1.29, 1.82) is 0 Å². The van der Waals surface area contributed by atoms with Gasteiger partial charge in [-0.15, -0.1) is 0 Å². The van der Waals surface area contributed by atoms with Crippen LogP contribution in [0.2, 0.25) is 0 Å². The van der Waals surface area contributed by atoms with E-state index in [4.69, 9.17) is 15.2 Å². The summed E-state index contributed by atoms with van der Waals surface area (Å²) in [4.78, 5) is 17.7. The number of guanidine groups is 1. The van der Waals surface area contributed by atoms with Crippen LogP contribution in [0.3, 0.4) is 0 Å². The molecule has 0 spiro atoms. The molecule has 0 aromatic rings. The Hall–Kier alpha value is -1.50. The normalized spacial score (nSPS) is 16.6. The molecule has 0 aromatic heterocycles. The number of unbranched alkanes of at least 4 members (excludes halogenated alkanes) is 1. The van der Waals surface area contributed by atoms with Gasteiger partial charge in [0.1, 0.15) is 0 Å². The molecule has 1 fully saturated rings. The Morgan fingerprint density at radius 1 is 1.27 bits per heavy atom. The Labute approximate surface area is 133 Å². The Morgan fingerprint density at radius 2 is 2.00 bits per heavy atom. The zero-order valence-corrected chi connectivity index (χ0v) is 13.8. The molecule has 128 valence electrons. The molecular weight excluding hydrogens is 284 g/mol. The van der Waals surface area contributed by atoms with Gasteiger partial charge in [-0.1, -0.05) is 0 Å². The van der Waals surface area contributed by atoms with Crippen molar-refractivity contribution in [1.82, 2.24) is 10.2 Å². The van der Waals surface area contributed by atoms with Crippen molar-refractivity contribution >= 4 is 12.1 Å². The van der Waals surface area contributed by atoms with Crippen molar-refractivity contribution in [3.8, 4) is 0 Å². The van der Waals surface area contributed by atoms with Gasteiger partial charge in [-0.05, 0) is 39.5 Å². The second kappa shape index (κ2) is 11.1. The van der Waals surface area contributed by atoms with Gasteiger partial charge in [0.25, 0.3) is 0 Å². The fourth-order valence-corrected chi connectivity index (χ4v) is 2.34. The minimum absolute atomic E-state index is 0.225. The summed E-state index contributed by atoms with van der Waals surface area (Å²) in [6.07, 6.45) is 3.47. The van der Waals surface area contributed by atoms with Gasteiger partial charge in [-0.25, -0.2) is 4.79 Å². The number of nitrogens with zero attached hydrogens (tertiary/aromatic N) is 2. The average Bonchev–Trinajstić information content (AvgIpc) is 2.51. The summed E-state index contributed by atoms with van der Waals surface area (Å²) in [5.41, 5.74) is 5.89. The molecule has 0 atom stereocenters. The van der Waals surface area contributed by atoms with Gasteiger partial charge in [0.2, 0.25) is 0 Å². The van der Waals surface area contributed by atoms with E-state index >= 15 is 0 Å². The number of rotatable bonds is 8. The minimum atomic E-state index is -0.225. The van der Waals surface area contributed by atoms with Crippen LogP contribution in [0.4, 0.5) is 4.79 Å². The van der Waals surface area contributed by atoms with Gasteiger partial charge in [0, 0.05) is 38.9 Å². The molecule has 1 heterocycles. The fraction of sp³-hybridized carbons (Fsp3) is 0.867. The van der Waals surface area contributed by atoms with Crippen LogP contribution in [-0.2, 0) is 9.47 Å². The van der Waals surface area contributed by atoms with Crippen LogP contribution in [-0.4, -0.2) is 62.4 Å². The molecule has 0 radical (unpaired) electrons. The quantitative estimate of drug-likeness (QED) is 0.401. The van der Waals surface area contributed by atoms with Crippen LogP contribution in [0.5, 0.6) is 0 Å². The lowest BCUT2D eigenvalue weighted by Gasteiger charge is -2.31. The molecule has 3 N–H and O–H groups in total. The fourth-order valence-electron chi connectivity index (χ4n) is 2.34. The van der Waals surface area contributed by atoms with E-state index in [1.165, 1.54) is 0 Å². The van der Waals surface area contributed by atoms with Crippen molar-refractivity contribution in [3.63, 3.8) is 0 Å². The molecule has 22 heavy (non-hydrogen) atoms. The Kier molecular flexibility index (Phi) is 9.37. The summed E-state index contributed by atoms with van der Waals surface area (Å²) in [5, 5.41) is 3.23. The predicted molar refractivity (Wildman–Crippen MR) is 87.0 cm³/mol. The first kappa shape index (κ1) is 18.5. The number of hydrogen-bond acceptors (Lipinski definition) is 4. The summed E-state index contributed by atoms with van der Waals surface area (Å²) in [6.45, 7) is 7.87. The molecule has 1 aliphatic heterocycles. The van der Waals surface area contributed by atoms with Gasteiger partial charge in [0.15, 0.2) is 5.96 Å². The van der Waals surface area contributed by atoms with E-state index < -0.39 is 0 Å². The number of aliphatic imine (C=N–C) groups is 1. The molecule has 1 saturated heterocycles. The highest BCUT2D eigenvalue weighted by atomic mass is 16.6. The van der Waals surface area contributed by atoms with Crippen molar-refractivity contribution < 1.29 is 14.3 Å². The highest BCUT2D eigenvalue weighted by Crippen LogP contribution is 2.11. The molecule has 0 bridgehead atoms. The standard InChI is InChI=1S/C15H30N4O3/c1-3-21-12-6-5-9-17-14(16)18-13-7-10-19(11-8-13)15(20)22-4-2/h13H,3-12H2,1-2H3,(H3,16,17,18). The van der Waals surface area contributed by atoms with Gasteiger partial charge < -0.3 is 25.4 Å². The molecule has 0 aliphatic carbocycles. The third-order valence-electron chi connectivity index (χ3n) is 3.56. The van der Waals surface area contributed by atoms with Crippen LogP contribution >= 0.6 is 0 Å². The maximum Gasteiger partial charge on any atom is 0.409 e. The molecule has 0 saturated carbocycles. The Balaban J connectivity index is 2.15. The summed E-state index contributed by atoms with van der Waals surface area (Å²) in [5.74, 6) is 0.492. The maximum atomic E-state index is 11.6. The summed E-state index contributed by atoms with van der Waals surface area (Å²) in [6, 6.07) is 0.276. The molecule has 7 heteroatoms. The number of ether oxygens (including phenoxy) is 2. The molecule has 1 rings (SSSR count). The lowest BCUT2D eigenvalue weighted by Crippen LogP contribution is -2.48. The minimum Gasteiger partial charge on any atom is -0.450 e. The third-order valence-corrected chi connectivity index (χ3v) is 3.56. The molecule has 1 amide bonds. The zero-order chi connectivity index (χ0) is 16.2. The maximum absolute atomic E-state index is 11.6. The van der Waals surface area contributed by atoms with Gasteiger partial charge >= 0.3 is 6.09 Å². The van der Waals surface area contributed by atoms with Gasteiger partial charge in [0.05, 0.1) is 6.61 Å². The number of hydrogen-bond donors (Lipinski definition) is 2. The third kappa shape index (κ3) is 7.49. The SMILES string of the molecule is CCOCCCCN=C(N)NC1CCN(C(=O)OCC)CC1. The van der Waals surface area contributed by atoms with Crippen LogP contribution in [0.15, 0.2) is 4.99 Å². The molecule has 0 aromatic carbocycles. The number of nitrogens with one attached hydrogen (secondary N) is 1. The van der Waals surface area contributed by atoms with Crippen molar-refractivity contribution in [2.45, 2.75) is 45.6 Å². The number of carbonyl (C=O) groups is 1. The van der Waals surface area contributed by atoms with Crippen molar-refractivity contribution in [3.05, 3.63) is 0 Å². The highest BCUT2D eigenvalue weighted by Gasteiger charge is 2.23. The van der Waals surface area contributed by atoms with E-state index in [0.29, 0.717) is 32.2 Å². The van der Waals surface area contributed by atoms with Crippen LogP contribution in [0.1, 0.15) is 39.5 Å². The first-order valence-electron chi connectivity index (χ1n) is 8.23. The number of nitrogens with two attached hydrogens (primary N) is 1. The smallest absolute Gasteiger partial charge is 0.409 e. The molecule has 1 aliphatic rings. The lowest BCUT2D eigenvalue weighted by molar-refractivity contribution is 0.0963. The van der Waals surface area contributed by atoms with Crippen LogP contribution in [0.25, 0.3) is 0 Å². The monoisotopic (exact) mass is 314 g/mol. The topological polar surface area (TPSA) is 89.2 Å². The van der Waals surface area contributed by atoms with Gasteiger partial charge in [-0.3, -0.25) is 4.99 Å². The van der Waals surface area contributed by atoms with E-state index in [0.717, 1.165) is 38.9 Å². The number of piperidine rings is 1. The van der Waals surface area contributed by atoms with E-state index in [9.17, 15) is 4.79 Å². The largest absolute Gasteiger partial charge is 0.450 e. The van der Waals surface area contributed by atoms with E-state index in [1.54, 1.807) is 4.90 Å². The second-order valence-electron chi connectivity index (χ2n) is 5.28. The van der Waals surface area contributed by atoms with Gasteiger partial charge in [-0.2, -0.15) is 0 Å². The lowest BCUT2D eigenvalue weighted by atomic mass is 10.1. The molecule has 7 nitrogen and oxygen atoms in total. The molecular formula is C15H30N4O3.